The number of nitrogen functional groups attached to an aromatic ring is 1. The van der Waals surface area contributed by atoms with Crippen LogP contribution in [0, 0.1) is 34.3 Å². The molecule has 0 aliphatic rings. The number of ether oxygens (including phenoxy) is 5. The van der Waals surface area contributed by atoms with E-state index in [1.165, 1.54) is 26.4 Å². The maximum atomic E-state index is 13.4. The Morgan fingerprint density at radius 1 is 0.467 bits per heavy atom. The van der Waals surface area contributed by atoms with Crippen molar-refractivity contribution >= 4 is 659 Å². The number of nitrogens with two attached hydrogens (primary N) is 1. The molecule has 4 aromatic rings. The molecule has 1 aromatic heterocycles. The SMILES string of the molecule is CCOCc1cc(F)c(C#N)c(OC)c1.CCOCc1cc(OC)c2c(N)noc2c1.COc1cc(CO)cc(F)c1C#N.II(I)I(I)I(I)I(I)I(I)I(I)I(I)I(I)I(I)I.I[I-]I(I)I(I)I.I[I-]I(I)I(I)I(I)I(I)I(I)I(I)I(I)I(I)I(I)I. The topological polar surface area (TPSA) is 166 Å². The molecule has 4 rings (SSSR count). The summed E-state index contributed by atoms with van der Waals surface area (Å²) in [4.78, 5) is 0. The minimum absolute atomic E-state index is 0.0715. The Morgan fingerprint density at radius 3 is 1.05 bits per heavy atom. The van der Waals surface area contributed by atoms with Crippen molar-refractivity contribution in [3.05, 3.63) is 75.8 Å². The number of nitrogens with zero attached hydrogens (tertiary/aromatic N) is 3. The summed E-state index contributed by atoms with van der Waals surface area (Å²) in [7, 11) is -3.32. The van der Waals surface area contributed by atoms with Gasteiger partial charge in [0.05, 0.1) is 41.2 Å². The quantitative estimate of drug-likeness (QED) is 0.0497. The Labute approximate surface area is 882 Å². The van der Waals surface area contributed by atoms with E-state index in [0.29, 0.717) is 86.6 Å². The molecule has 0 aliphatic heterocycles. The summed E-state index contributed by atoms with van der Waals surface area (Å²) in [5.74, 6) is 0.136. The number of rotatable bonds is 29. The van der Waals surface area contributed by atoms with E-state index in [4.69, 9.17) is 49.6 Å². The molecule has 3 aromatic carbocycles. The standard InChI is InChI=1S/C11H12FNO2.C11H14N2O3.C9H8FNO2.I21.I20.I7/c1-3-15-7-8-4-10(12)9(6-13)11(5-8)14-2;1-3-15-6-7-4-8(14-2)10-9(5-7)16-13-11(10)12;1-13-9-3-6(5-12)2-8(10)7(9)4-11;1-12-14(4)16(6)18(8)20(10)21(11)19(9)17(7)15(5)13(2)3;1-12(2)14(5)16(7)18(9)20(11)19(10)17(8)15(6)13(3)4;1-5-7(4)6(2)3/h4-5H,3,7H2,1-2H3;4-5H,3,6H2,1-2H3,(H2,12,13);2-3,12H,5H2,1H3;;;/q;;;-1;;-1. The van der Waals surface area contributed by atoms with Gasteiger partial charge in [-0.05, 0) is 66.9 Å². The molecule has 11 nitrogen and oxygen atoms in total. The third-order valence-corrected chi connectivity index (χ3v) is 2980. The van der Waals surface area contributed by atoms with Gasteiger partial charge in [0.25, 0.3) is 0 Å². The third kappa shape index (κ3) is 53.1. The van der Waals surface area contributed by atoms with Gasteiger partial charge < -0.3 is 39.0 Å². The van der Waals surface area contributed by atoms with E-state index in [-0.39, 0.29) is 92.4 Å². The van der Waals surface area contributed by atoms with Crippen LogP contribution in [0.1, 0.15) is 41.7 Å². The Kier molecular flexibility index (Phi) is 103. The monoisotopic (exact) mass is 6700 g/mol. The number of fused-ring (bicyclic) bond motifs is 1. The van der Waals surface area contributed by atoms with Gasteiger partial charge in [-0.25, -0.2) is 8.78 Å². The number of aromatic nitrogens is 1. The average molecular weight is 6700 g/mol. The predicted molar refractivity (Wildman–Crippen MR) is 802 cm³/mol. The maximum absolute atomic E-state index is 13.4. The van der Waals surface area contributed by atoms with Crippen molar-refractivity contribution in [1.82, 2.24) is 5.16 Å². The predicted octanol–water partition coefficient (Wildman–Crippen LogP) is 40.1. The number of nitriles is 2. The summed E-state index contributed by atoms with van der Waals surface area (Å²) < 4.78 is 57.0. The molecule has 1 heterocycles. The molecule has 0 saturated carbocycles. The van der Waals surface area contributed by atoms with E-state index in [1.807, 2.05) is 26.0 Å². The van der Waals surface area contributed by atoms with Crippen molar-refractivity contribution in [2.24, 2.45) is 0 Å². The number of halogens is 50. The van der Waals surface area contributed by atoms with Crippen LogP contribution in [0.2, 0.25) is 0 Å². The van der Waals surface area contributed by atoms with Crippen LogP contribution in [-0.2, 0) is 29.3 Å². The summed E-state index contributed by atoms with van der Waals surface area (Å²) in [6, 6.07) is 12.6. The number of benzene rings is 3. The van der Waals surface area contributed by atoms with Gasteiger partial charge in [0.15, 0.2) is 11.4 Å². The van der Waals surface area contributed by atoms with Crippen molar-refractivity contribution in [2.45, 2.75) is 33.7 Å². The fourth-order valence-electron chi connectivity index (χ4n) is 4.24. The van der Waals surface area contributed by atoms with Crippen LogP contribution in [0.25, 0.3) is 11.0 Å². The number of anilines is 1. The van der Waals surface area contributed by atoms with Gasteiger partial charge in [0.2, 0.25) is 0 Å². The Morgan fingerprint density at radius 2 is 0.772 bits per heavy atom. The van der Waals surface area contributed by atoms with Gasteiger partial charge >= 0.3 is 668 Å². The molecule has 0 amide bonds. The van der Waals surface area contributed by atoms with Crippen molar-refractivity contribution in [1.29, 1.82) is 10.5 Å². The van der Waals surface area contributed by atoms with Gasteiger partial charge in [-0.15, -0.1) is 0 Å². The van der Waals surface area contributed by atoms with Gasteiger partial charge in [-0.1, -0.05) is 5.16 Å². The van der Waals surface area contributed by atoms with Crippen LogP contribution >= 0.6 is 642 Å². The summed E-state index contributed by atoms with van der Waals surface area (Å²) in [5, 5.41) is 30.4. The minimum atomic E-state index is -0.675. The second-order valence-electron chi connectivity index (χ2n) is 12.1. The first-order valence-corrected chi connectivity index (χ1v) is 303. The normalized spacial score (nSPS) is 13.8. The summed E-state index contributed by atoms with van der Waals surface area (Å²) in [5.41, 5.74) is 8.11. The number of hydrogen-bond acceptors (Lipinski definition) is 11. The summed E-state index contributed by atoms with van der Waals surface area (Å²) >= 11 is 79.0. The molecule has 0 bridgehead atoms. The molecule has 92 heavy (non-hydrogen) atoms. The Hall–Kier alpha value is 30.1. The number of methoxy groups -OCH3 is 3. The summed E-state index contributed by atoms with van der Waals surface area (Å²) in [6.45, 7) is 5.58. The Bertz CT molecular complexity index is 2750. The van der Waals surface area contributed by atoms with Gasteiger partial charge in [-0.2, -0.15) is 10.5 Å². The summed E-state index contributed by atoms with van der Waals surface area (Å²) in [6.07, 6.45) is 0. The molecule has 3 N–H and O–H groups in total. The molecule has 572 valence electrons. The zero-order valence-corrected chi connectivity index (χ0v) is 147. The third-order valence-electron chi connectivity index (χ3n) is 7.33. The van der Waals surface area contributed by atoms with Crippen LogP contribution in [0.3, 0.4) is 0 Å². The molecule has 0 radical (unpaired) electrons. The van der Waals surface area contributed by atoms with Crippen LogP contribution < -0.4 is 46.5 Å². The molecule has 61 heteroatoms. The van der Waals surface area contributed by atoms with E-state index >= 15 is 0 Å². The van der Waals surface area contributed by atoms with Crippen LogP contribution in [0.15, 0.2) is 40.9 Å². The van der Waals surface area contributed by atoms with Crippen molar-refractivity contribution in [3.8, 4) is 29.4 Å². The van der Waals surface area contributed by atoms with E-state index < -0.39 is 106 Å². The number of aliphatic hydroxyl groups excluding tert-OH is 1. The van der Waals surface area contributed by atoms with Crippen LogP contribution in [0.4, 0.5) is 14.6 Å². The van der Waals surface area contributed by atoms with Crippen LogP contribution in [0.5, 0.6) is 17.2 Å². The van der Waals surface area contributed by atoms with E-state index in [1.54, 1.807) is 25.3 Å². The molecule has 0 unspecified atom stereocenters. The van der Waals surface area contributed by atoms with E-state index in [9.17, 15) is 8.78 Å². The van der Waals surface area contributed by atoms with Gasteiger partial charge in [0.1, 0.15) is 57.5 Å². The fourth-order valence-corrected chi connectivity index (χ4v) is 6290. The van der Waals surface area contributed by atoms with Gasteiger partial charge in [0, 0.05) is 13.2 Å². The molecule has 0 atom stereocenters. The average Bonchev–Trinajstić information content (AvgIpc) is 1.64. The van der Waals surface area contributed by atoms with E-state index in [2.05, 4.69) is 489 Å². The van der Waals surface area contributed by atoms with Crippen molar-refractivity contribution in [2.75, 3.05) is 40.3 Å². The molecular formula is C31H34F2I48N4O7-2. The first-order valence-electron chi connectivity index (χ1n) is 19.6. The molecular weight excluding hydrogens is 6670 g/mol. The van der Waals surface area contributed by atoms with Crippen molar-refractivity contribution < 1.29 is 68.6 Å². The number of hydrogen-bond donors (Lipinski definition) is 2. The Balaban J connectivity index is 0. The molecule has 0 fully saturated rings. The van der Waals surface area contributed by atoms with Crippen LogP contribution in [-0.4, -0.2) is 44.8 Å². The fraction of sp³-hybridized carbons (Fsp3) is 0.323. The molecule has 0 aliphatic carbocycles. The van der Waals surface area contributed by atoms with E-state index in [0.717, 1.165) is 11.6 Å². The second-order valence-corrected chi connectivity index (χ2v) is 1020. The number of aliphatic hydroxyl groups is 1. The first-order chi connectivity index (χ1) is 43.0. The van der Waals surface area contributed by atoms with Gasteiger partial charge in [-0.3, -0.25) is 0 Å². The first kappa shape index (κ1) is 124. The van der Waals surface area contributed by atoms with Crippen molar-refractivity contribution in [3.63, 3.8) is 0 Å². The molecule has 0 spiro atoms. The zero-order valence-electron chi connectivity index (χ0n) is 43.2. The second kappa shape index (κ2) is 76.5. The molecule has 0 saturated heterocycles. The zero-order chi connectivity index (χ0) is 71.6.